The van der Waals surface area contributed by atoms with E-state index in [1.165, 1.54) is 0 Å². The van der Waals surface area contributed by atoms with Gasteiger partial charge in [0.1, 0.15) is 98.2 Å². The Morgan fingerprint density at radius 2 is 1.21 bits per heavy atom. The van der Waals surface area contributed by atoms with Crippen molar-refractivity contribution in [3.63, 3.8) is 0 Å². The molecule has 0 bridgehead atoms. The highest BCUT2D eigenvalue weighted by molar-refractivity contribution is 5.65. The number of aliphatic hydroxyl groups is 13. The van der Waals surface area contributed by atoms with Crippen molar-refractivity contribution in [1.29, 1.82) is 0 Å². The Morgan fingerprint density at radius 1 is 0.615 bits per heavy atom. The molecule has 0 aromatic heterocycles. The number of esters is 1. The number of carbonyl (C=O) groups is 1. The van der Waals surface area contributed by atoms with Gasteiger partial charge >= 0.3 is 5.97 Å². The number of fused-ring (bicyclic) bond motifs is 5. The van der Waals surface area contributed by atoms with Gasteiger partial charge < -0.3 is 109 Å². The average Bonchev–Trinajstić information content (AvgIpc) is 3.04. The van der Waals surface area contributed by atoms with Gasteiger partial charge in [0.2, 0.25) is 0 Å². The van der Waals surface area contributed by atoms with E-state index in [9.17, 15) is 71.2 Å². The summed E-state index contributed by atoms with van der Waals surface area (Å²) in [7, 11) is 0. The molecule has 0 aromatic carbocycles. The molecular formula is C55H92O23. The van der Waals surface area contributed by atoms with Crippen LogP contribution in [0.15, 0.2) is 11.6 Å². The SMILES string of the molecule is CC(=O)OC[C@H]1O[C@@H](O[C@H]2[C@H](O[C@H]3CC[C@]4(C)[C@H]5C[C@@H](O)[C@@H]6[C@@H]([C@](C)(CCC=C(C)C)O[C@@H]7O[C@H](CO[C@H]8OC[C@H](O)[C@@H](O)[C@H]8O)[C@@H](O)[C@H](O)[C@H]7O)CC[C@@]6(C)[C@]5(C)CC[C@H]4C3(C)C)O[C@H](CO)[C@@H](O)[C@@H]2O)[C@H](O)[C@@H](O)[C@@H]1O. The van der Waals surface area contributed by atoms with Crippen LogP contribution in [0.4, 0.5) is 0 Å². The summed E-state index contributed by atoms with van der Waals surface area (Å²) in [6.45, 7) is 16.5. The molecule has 0 radical (unpaired) electrons. The number of hydrogen-bond acceptors (Lipinski definition) is 23. The fourth-order valence-corrected chi connectivity index (χ4v) is 16.2. The first kappa shape index (κ1) is 62.4. The number of aliphatic hydroxyl groups excluding tert-OH is 13. The van der Waals surface area contributed by atoms with Crippen LogP contribution in [0.5, 0.6) is 0 Å². The zero-order chi connectivity index (χ0) is 57.4. The Hall–Kier alpha value is -1.63. The highest BCUT2D eigenvalue weighted by Gasteiger charge is 2.72. The third-order valence-corrected chi connectivity index (χ3v) is 20.8. The summed E-state index contributed by atoms with van der Waals surface area (Å²) in [6.07, 6.45) is -23.1. The molecule has 78 heavy (non-hydrogen) atoms. The van der Waals surface area contributed by atoms with Crippen molar-refractivity contribution < 1.29 is 114 Å². The van der Waals surface area contributed by atoms with Gasteiger partial charge in [0.05, 0.1) is 37.6 Å². The molecule has 29 atom stereocenters. The molecule has 4 aliphatic carbocycles. The van der Waals surface area contributed by atoms with E-state index in [4.69, 9.17) is 42.6 Å². The summed E-state index contributed by atoms with van der Waals surface area (Å²) in [5, 5.41) is 142. The second-order valence-electron chi connectivity index (χ2n) is 25.9. The molecule has 23 heteroatoms. The summed E-state index contributed by atoms with van der Waals surface area (Å²) in [4.78, 5) is 11.6. The van der Waals surface area contributed by atoms with Crippen LogP contribution in [0.2, 0.25) is 0 Å². The van der Waals surface area contributed by atoms with E-state index in [1.807, 2.05) is 20.8 Å². The van der Waals surface area contributed by atoms with Crippen LogP contribution >= 0.6 is 0 Å². The first-order valence-electron chi connectivity index (χ1n) is 28.2. The Labute approximate surface area is 456 Å². The number of hydrogen-bond donors (Lipinski definition) is 13. The molecule has 4 saturated heterocycles. The Bertz CT molecular complexity index is 2060. The van der Waals surface area contributed by atoms with Gasteiger partial charge in [-0.15, -0.1) is 0 Å². The number of allylic oxidation sites excluding steroid dienone is 2. The maximum Gasteiger partial charge on any atom is 0.302 e. The minimum atomic E-state index is -1.85. The molecule has 8 fully saturated rings. The highest BCUT2D eigenvalue weighted by Crippen LogP contribution is 2.76. The van der Waals surface area contributed by atoms with Crippen molar-refractivity contribution in [1.82, 2.24) is 0 Å². The van der Waals surface area contributed by atoms with E-state index in [-0.39, 0.29) is 41.1 Å². The maximum atomic E-state index is 12.9. The molecule has 8 rings (SSSR count). The second-order valence-corrected chi connectivity index (χ2v) is 25.9. The van der Waals surface area contributed by atoms with Gasteiger partial charge in [-0.25, -0.2) is 0 Å². The van der Waals surface area contributed by atoms with Crippen LogP contribution in [0.3, 0.4) is 0 Å². The molecule has 450 valence electrons. The van der Waals surface area contributed by atoms with Crippen molar-refractivity contribution in [2.75, 3.05) is 26.4 Å². The van der Waals surface area contributed by atoms with Gasteiger partial charge in [0.15, 0.2) is 25.2 Å². The lowest BCUT2D eigenvalue weighted by Crippen LogP contribution is -2.68. The molecule has 0 aromatic rings. The smallest absolute Gasteiger partial charge is 0.302 e. The van der Waals surface area contributed by atoms with E-state index in [2.05, 4.69) is 40.7 Å². The zero-order valence-corrected chi connectivity index (χ0v) is 46.6. The predicted molar refractivity (Wildman–Crippen MR) is 270 cm³/mol. The Kier molecular flexibility index (Phi) is 19.0. The van der Waals surface area contributed by atoms with Crippen LogP contribution in [0.1, 0.15) is 120 Å². The monoisotopic (exact) mass is 1120 g/mol. The van der Waals surface area contributed by atoms with Crippen molar-refractivity contribution in [2.45, 2.75) is 255 Å². The van der Waals surface area contributed by atoms with E-state index >= 15 is 0 Å². The number of rotatable bonds is 16. The second kappa shape index (κ2) is 23.8. The largest absolute Gasteiger partial charge is 0.463 e. The first-order chi connectivity index (χ1) is 36.4. The third kappa shape index (κ3) is 11.3. The molecule has 0 amide bonds. The maximum absolute atomic E-state index is 12.9. The minimum absolute atomic E-state index is 0.0339. The fraction of sp³-hybridized carbons (Fsp3) is 0.945. The molecule has 4 heterocycles. The molecule has 23 nitrogen and oxygen atoms in total. The molecular weight excluding hydrogens is 1030 g/mol. The summed E-state index contributed by atoms with van der Waals surface area (Å²) in [6, 6.07) is 0. The molecule has 0 unspecified atom stereocenters. The van der Waals surface area contributed by atoms with Crippen LogP contribution in [0.25, 0.3) is 0 Å². The summed E-state index contributed by atoms with van der Waals surface area (Å²) < 4.78 is 54.1. The molecule has 4 saturated carbocycles. The van der Waals surface area contributed by atoms with Crippen LogP contribution in [-0.2, 0) is 47.4 Å². The highest BCUT2D eigenvalue weighted by atomic mass is 16.8. The van der Waals surface area contributed by atoms with Crippen LogP contribution in [-0.4, -0.2) is 233 Å². The van der Waals surface area contributed by atoms with Gasteiger partial charge in [0.25, 0.3) is 0 Å². The van der Waals surface area contributed by atoms with E-state index in [0.717, 1.165) is 31.8 Å². The third-order valence-electron chi connectivity index (χ3n) is 20.8. The normalized spacial score (nSPS) is 51.1. The number of ether oxygens (including phenoxy) is 9. The zero-order valence-electron chi connectivity index (χ0n) is 46.6. The van der Waals surface area contributed by atoms with E-state index < -0.39 is 171 Å². The summed E-state index contributed by atoms with van der Waals surface area (Å²) in [5.74, 6) is -1.12. The summed E-state index contributed by atoms with van der Waals surface area (Å²) in [5.41, 5.74) is -1.55. The Morgan fingerprint density at radius 3 is 1.85 bits per heavy atom. The van der Waals surface area contributed by atoms with Crippen LogP contribution in [0, 0.1) is 45.3 Å². The van der Waals surface area contributed by atoms with Gasteiger partial charge in [-0.3, -0.25) is 4.79 Å². The predicted octanol–water partition coefficient (Wildman–Crippen LogP) is -0.993. The lowest BCUT2D eigenvalue weighted by molar-refractivity contribution is -0.378. The van der Waals surface area contributed by atoms with E-state index in [0.29, 0.717) is 38.5 Å². The standard InChI is InChI=1S/C55H92O23/c1-24(2)11-10-15-55(9,78-49-45(69)41(65)39(63)31(75-49)23-72-47-43(67)36(60)28(59)21-71-47)26-12-17-54(8)35(26)27(58)19-33-52(6)16-14-34(51(4,5)32(52)13-18-53(33,54)7)76-50-46(42(66)37(61)29(20-56)73-50)77-48-44(68)40(64)38(62)30(74-48)22-70-25(3)57/h11,26-50,56,58-69H,10,12-23H2,1-9H3/t26-,27+,28-,29+,30+,31+,32-,33+,34-,35-,36+,37+,38+,39+,40-,41-,42-,43+,44+,45+,46+,47+,48-,49-,50-,52-,53+,54+,55-/m0/s1. The number of carbonyl (C=O) groups excluding carboxylic acids is 1. The minimum Gasteiger partial charge on any atom is -0.463 e. The fourth-order valence-electron chi connectivity index (χ4n) is 16.2. The quantitative estimate of drug-likeness (QED) is 0.0501. The molecule has 8 aliphatic rings. The lowest BCUT2D eigenvalue weighted by atomic mass is 9.35. The summed E-state index contributed by atoms with van der Waals surface area (Å²) >= 11 is 0. The van der Waals surface area contributed by atoms with Gasteiger partial charge in [-0.1, -0.05) is 46.3 Å². The average molecular weight is 1120 g/mol. The molecule has 0 spiro atoms. The van der Waals surface area contributed by atoms with Gasteiger partial charge in [-0.2, -0.15) is 0 Å². The van der Waals surface area contributed by atoms with Crippen LogP contribution < -0.4 is 0 Å². The van der Waals surface area contributed by atoms with Gasteiger partial charge in [-0.05, 0) is 124 Å². The molecule has 13 N–H and O–H groups in total. The Balaban J connectivity index is 1.01. The lowest BCUT2D eigenvalue weighted by Gasteiger charge is -2.71. The topological polar surface area (TPSA) is 363 Å². The van der Waals surface area contributed by atoms with E-state index in [1.54, 1.807) is 0 Å². The van der Waals surface area contributed by atoms with Crippen molar-refractivity contribution in [3.8, 4) is 0 Å². The van der Waals surface area contributed by atoms with Crippen molar-refractivity contribution in [2.24, 2.45) is 45.3 Å². The van der Waals surface area contributed by atoms with Gasteiger partial charge in [0, 0.05) is 6.92 Å². The first-order valence-corrected chi connectivity index (χ1v) is 28.2. The molecule has 4 aliphatic heterocycles. The van der Waals surface area contributed by atoms with Crippen molar-refractivity contribution >= 4 is 5.97 Å². The van der Waals surface area contributed by atoms with Crippen molar-refractivity contribution in [3.05, 3.63) is 11.6 Å².